The third-order valence-electron chi connectivity index (χ3n) is 3.99. The molecule has 0 aromatic heterocycles. The van der Waals surface area contributed by atoms with E-state index in [0.29, 0.717) is 6.42 Å². The molecule has 0 saturated carbocycles. The molecule has 26 heavy (non-hydrogen) atoms. The first-order valence-corrected chi connectivity index (χ1v) is 8.63. The molecule has 1 aliphatic heterocycles. The molecule has 1 aromatic carbocycles. The third kappa shape index (κ3) is 5.08. The Bertz CT molecular complexity index is 709. The van der Waals surface area contributed by atoms with Gasteiger partial charge in [-0.25, -0.2) is 9.59 Å². The van der Waals surface area contributed by atoms with Crippen LogP contribution in [-0.4, -0.2) is 37.2 Å². The van der Waals surface area contributed by atoms with E-state index in [9.17, 15) is 14.4 Å². The first kappa shape index (κ1) is 19.5. The van der Waals surface area contributed by atoms with Crippen molar-refractivity contribution in [2.24, 2.45) is 0 Å². The van der Waals surface area contributed by atoms with Crippen LogP contribution in [0.5, 0.6) is 0 Å². The Kier molecular flexibility index (Phi) is 6.77. The lowest BCUT2D eigenvalue weighted by Crippen LogP contribution is -2.51. The van der Waals surface area contributed by atoms with Crippen LogP contribution < -0.4 is 10.6 Å². The molecule has 0 unspecified atom stereocenters. The molecular formula is C19H24N2O5. The summed E-state index contributed by atoms with van der Waals surface area (Å²) in [4.78, 5) is 36.1. The van der Waals surface area contributed by atoms with E-state index < -0.39 is 24.0 Å². The van der Waals surface area contributed by atoms with Gasteiger partial charge in [0.25, 0.3) is 0 Å². The lowest BCUT2D eigenvalue weighted by Gasteiger charge is -2.28. The number of benzene rings is 1. The summed E-state index contributed by atoms with van der Waals surface area (Å²) in [6.07, 6.45) is 0.633. The Morgan fingerprint density at radius 1 is 1.12 bits per heavy atom. The molecule has 140 valence electrons. The number of nitrogens with one attached hydrogen (secondary N) is 2. The van der Waals surface area contributed by atoms with E-state index in [2.05, 4.69) is 10.6 Å². The standard InChI is InChI=1S/C19H24N2O5/c1-4-14-17(18(23)25-5-2)15(21-19(24)20-14)11-26-16(22)10-13-8-6-12(3)7-9-13/h6-9,14H,4-5,10-11H2,1-3H3,(H2,20,21,24)/t14-/m1/s1. The number of carbonyl (C=O) groups excluding carboxylic acids is 3. The van der Waals surface area contributed by atoms with Crippen LogP contribution in [0.25, 0.3) is 0 Å². The number of esters is 2. The van der Waals surface area contributed by atoms with Gasteiger partial charge in [0.1, 0.15) is 6.61 Å². The fraction of sp³-hybridized carbons (Fsp3) is 0.421. The van der Waals surface area contributed by atoms with Crippen LogP contribution in [0.2, 0.25) is 0 Å². The van der Waals surface area contributed by atoms with Gasteiger partial charge in [0.05, 0.1) is 30.3 Å². The zero-order valence-electron chi connectivity index (χ0n) is 15.3. The van der Waals surface area contributed by atoms with E-state index in [1.165, 1.54) is 0 Å². The van der Waals surface area contributed by atoms with Gasteiger partial charge in [0.2, 0.25) is 0 Å². The molecule has 1 aliphatic rings. The van der Waals surface area contributed by atoms with Crippen LogP contribution in [-0.2, 0) is 25.5 Å². The van der Waals surface area contributed by atoms with Crippen LogP contribution in [0.15, 0.2) is 35.5 Å². The van der Waals surface area contributed by atoms with Crippen LogP contribution in [0.3, 0.4) is 0 Å². The average molecular weight is 360 g/mol. The maximum absolute atomic E-state index is 12.2. The number of carbonyl (C=O) groups is 3. The van der Waals surface area contributed by atoms with E-state index in [-0.39, 0.29) is 30.9 Å². The molecule has 2 N–H and O–H groups in total. The van der Waals surface area contributed by atoms with E-state index in [4.69, 9.17) is 9.47 Å². The van der Waals surface area contributed by atoms with Crippen molar-refractivity contribution in [1.82, 2.24) is 10.6 Å². The van der Waals surface area contributed by atoms with Crippen LogP contribution in [0.1, 0.15) is 31.4 Å². The number of hydrogen-bond acceptors (Lipinski definition) is 5. The van der Waals surface area contributed by atoms with E-state index in [0.717, 1.165) is 11.1 Å². The predicted molar refractivity (Wildman–Crippen MR) is 95.2 cm³/mol. The summed E-state index contributed by atoms with van der Waals surface area (Å²) in [6, 6.07) is 6.65. The number of hydrogen-bond donors (Lipinski definition) is 2. The fourth-order valence-electron chi connectivity index (χ4n) is 2.65. The Morgan fingerprint density at radius 2 is 1.81 bits per heavy atom. The molecule has 0 saturated heterocycles. The molecule has 7 nitrogen and oxygen atoms in total. The second-order valence-corrected chi connectivity index (χ2v) is 6.00. The summed E-state index contributed by atoms with van der Waals surface area (Å²) in [7, 11) is 0. The largest absolute Gasteiger partial charge is 0.463 e. The molecule has 0 radical (unpaired) electrons. The van der Waals surface area contributed by atoms with E-state index in [1.54, 1.807) is 6.92 Å². The molecule has 0 fully saturated rings. The Balaban J connectivity index is 2.09. The topological polar surface area (TPSA) is 93.7 Å². The first-order valence-electron chi connectivity index (χ1n) is 8.63. The second kappa shape index (κ2) is 9.03. The maximum atomic E-state index is 12.2. The molecule has 1 atom stereocenters. The highest BCUT2D eigenvalue weighted by molar-refractivity contribution is 5.94. The van der Waals surface area contributed by atoms with E-state index >= 15 is 0 Å². The van der Waals surface area contributed by atoms with Crippen molar-refractivity contribution in [3.8, 4) is 0 Å². The molecule has 0 spiro atoms. The molecule has 2 rings (SSSR count). The zero-order chi connectivity index (χ0) is 19.1. The van der Waals surface area contributed by atoms with Crippen molar-refractivity contribution in [2.45, 2.75) is 39.7 Å². The molecule has 0 bridgehead atoms. The van der Waals surface area contributed by atoms with Gasteiger partial charge < -0.3 is 20.1 Å². The smallest absolute Gasteiger partial charge is 0.338 e. The predicted octanol–water partition coefficient (Wildman–Crippen LogP) is 1.99. The number of ether oxygens (including phenoxy) is 2. The Hall–Kier alpha value is -2.83. The van der Waals surface area contributed by atoms with Gasteiger partial charge in [0, 0.05) is 0 Å². The summed E-state index contributed by atoms with van der Waals surface area (Å²) in [5.41, 5.74) is 2.49. The molecule has 1 heterocycles. The highest BCUT2D eigenvalue weighted by atomic mass is 16.5. The Morgan fingerprint density at radius 3 is 2.42 bits per heavy atom. The molecule has 7 heteroatoms. The average Bonchev–Trinajstić information content (AvgIpc) is 2.61. The van der Waals surface area contributed by atoms with Gasteiger partial charge in [-0.1, -0.05) is 36.8 Å². The van der Waals surface area contributed by atoms with Crippen molar-refractivity contribution in [3.63, 3.8) is 0 Å². The summed E-state index contributed by atoms with van der Waals surface area (Å²) in [5, 5.41) is 5.22. The summed E-state index contributed by atoms with van der Waals surface area (Å²) < 4.78 is 10.3. The number of aryl methyl sites for hydroxylation is 1. The highest BCUT2D eigenvalue weighted by Gasteiger charge is 2.31. The normalized spacial score (nSPS) is 16.6. The molecule has 0 aliphatic carbocycles. The van der Waals surface area contributed by atoms with Crippen LogP contribution in [0, 0.1) is 6.92 Å². The van der Waals surface area contributed by atoms with Crippen LogP contribution in [0.4, 0.5) is 4.79 Å². The first-order chi connectivity index (χ1) is 12.4. The van der Waals surface area contributed by atoms with Crippen molar-refractivity contribution < 1.29 is 23.9 Å². The van der Waals surface area contributed by atoms with Gasteiger partial charge >= 0.3 is 18.0 Å². The molecular weight excluding hydrogens is 336 g/mol. The quantitative estimate of drug-likeness (QED) is 0.725. The lowest BCUT2D eigenvalue weighted by atomic mass is 10.0. The fourth-order valence-corrected chi connectivity index (χ4v) is 2.65. The summed E-state index contributed by atoms with van der Waals surface area (Å²) >= 11 is 0. The van der Waals surface area contributed by atoms with Gasteiger partial charge in [-0.2, -0.15) is 0 Å². The molecule has 2 amide bonds. The second-order valence-electron chi connectivity index (χ2n) is 6.00. The van der Waals surface area contributed by atoms with Gasteiger partial charge in [-0.05, 0) is 25.8 Å². The summed E-state index contributed by atoms with van der Waals surface area (Å²) in [5.74, 6) is -0.971. The Labute approximate surface area is 152 Å². The van der Waals surface area contributed by atoms with Gasteiger partial charge in [-0.15, -0.1) is 0 Å². The van der Waals surface area contributed by atoms with E-state index in [1.807, 2.05) is 38.1 Å². The highest BCUT2D eigenvalue weighted by Crippen LogP contribution is 2.17. The minimum Gasteiger partial charge on any atom is -0.463 e. The van der Waals surface area contributed by atoms with Crippen molar-refractivity contribution >= 4 is 18.0 Å². The van der Waals surface area contributed by atoms with Crippen molar-refractivity contribution in [1.29, 1.82) is 0 Å². The van der Waals surface area contributed by atoms with Crippen molar-refractivity contribution in [2.75, 3.05) is 13.2 Å². The maximum Gasteiger partial charge on any atom is 0.338 e. The SMILES string of the molecule is CCOC(=O)C1=C(COC(=O)Cc2ccc(C)cc2)NC(=O)N[C@@H]1CC. The third-order valence-corrected chi connectivity index (χ3v) is 3.99. The van der Waals surface area contributed by atoms with Gasteiger partial charge in [0.15, 0.2) is 0 Å². The lowest BCUT2D eigenvalue weighted by molar-refractivity contribution is -0.143. The van der Waals surface area contributed by atoms with Crippen LogP contribution >= 0.6 is 0 Å². The number of urea groups is 1. The minimum atomic E-state index is -0.531. The number of rotatable bonds is 7. The summed E-state index contributed by atoms with van der Waals surface area (Å²) in [6.45, 7) is 5.54. The minimum absolute atomic E-state index is 0.117. The number of amides is 2. The van der Waals surface area contributed by atoms with Crippen molar-refractivity contribution in [3.05, 3.63) is 46.7 Å². The monoisotopic (exact) mass is 360 g/mol. The molecule has 1 aromatic rings. The van der Waals surface area contributed by atoms with Gasteiger partial charge in [-0.3, -0.25) is 4.79 Å². The zero-order valence-corrected chi connectivity index (χ0v) is 15.3.